The van der Waals surface area contributed by atoms with E-state index in [0.717, 1.165) is 31.7 Å². The van der Waals surface area contributed by atoms with Crippen LogP contribution in [0.15, 0.2) is 30.4 Å². The Balaban J connectivity index is 2.05. The lowest BCUT2D eigenvalue weighted by atomic mass is 10.1. The lowest BCUT2D eigenvalue weighted by molar-refractivity contribution is -0.126. The predicted molar refractivity (Wildman–Crippen MR) is 93.7 cm³/mol. The first-order valence-corrected chi connectivity index (χ1v) is 7.84. The maximum Gasteiger partial charge on any atom is 0.246 e. The minimum absolute atomic E-state index is 0.0334. The monoisotopic (exact) mass is 332 g/mol. The van der Waals surface area contributed by atoms with Crippen molar-refractivity contribution in [3.8, 4) is 17.2 Å². The molecule has 0 bridgehead atoms. The number of amides is 1. The van der Waals surface area contributed by atoms with Crippen molar-refractivity contribution < 1.29 is 19.0 Å². The Labute approximate surface area is 142 Å². The number of rotatable bonds is 6. The fraction of sp³-hybridized carbons (Fsp3) is 0.389. The van der Waals surface area contributed by atoms with Gasteiger partial charge in [-0.3, -0.25) is 4.79 Å². The van der Waals surface area contributed by atoms with Crippen molar-refractivity contribution in [2.45, 2.75) is 0 Å². The molecule has 6 heteroatoms. The van der Waals surface area contributed by atoms with Gasteiger partial charge in [-0.15, -0.1) is 0 Å². The summed E-state index contributed by atoms with van der Waals surface area (Å²) in [4.78, 5) is 13.8. The van der Waals surface area contributed by atoms with Crippen LogP contribution in [0.1, 0.15) is 5.56 Å². The smallest absolute Gasteiger partial charge is 0.246 e. The van der Waals surface area contributed by atoms with Gasteiger partial charge in [-0.25, -0.2) is 0 Å². The van der Waals surface area contributed by atoms with Crippen molar-refractivity contribution in [3.63, 3.8) is 0 Å². The van der Waals surface area contributed by atoms with Crippen LogP contribution in [0.4, 0.5) is 0 Å². The summed E-state index contributed by atoms with van der Waals surface area (Å²) in [6.07, 6.45) is 7.03. The van der Waals surface area contributed by atoms with Crippen LogP contribution in [0, 0.1) is 0 Å². The van der Waals surface area contributed by atoms with Crippen molar-refractivity contribution >= 4 is 12.0 Å². The largest absolute Gasteiger partial charge is 0.493 e. The number of methoxy groups -OCH3 is 3. The number of allylic oxidation sites excluding steroid dienone is 2. The van der Waals surface area contributed by atoms with Crippen molar-refractivity contribution in [2.24, 2.45) is 0 Å². The third-order valence-corrected chi connectivity index (χ3v) is 3.75. The molecule has 0 spiro atoms. The van der Waals surface area contributed by atoms with Gasteiger partial charge in [0.25, 0.3) is 0 Å². The van der Waals surface area contributed by atoms with Gasteiger partial charge in [0.05, 0.1) is 21.3 Å². The Kier molecular flexibility index (Phi) is 6.69. The quantitative estimate of drug-likeness (QED) is 0.635. The molecule has 1 N–H and O–H groups in total. The summed E-state index contributed by atoms with van der Waals surface area (Å²) in [7, 11) is 4.73. The highest BCUT2D eigenvalue weighted by Gasteiger charge is 2.13. The molecule has 0 unspecified atom stereocenters. The molecule has 0 saturated carbocycles. The molecule has 1 heterocycles. The van der Waals surface area contributed by atoms with Gasteiger partial charge in [-0.1, -0.05) is 18.2 Å². The number of hydrogen-bond donors (Lipinski definition) is 1. The predicted octanol–water partition coefficient (Wildman–Crippen LogP) is 1.71. The SMILES string of the molecule is COc1cc(C=CC=CC(=O)N2CCNCC2)cc(OC)c1OC. The van der Waals surface area contributed by atoms with Gasteiger partial charge in [-0.05, 0) is 17.7 Å². The van der Waals surface area contributed by atoms with E-state index in [1.54, 1.807) is 33.5 Å². The molecule has 2 rings (SSSR count). The summed E-state index contributed by atoms with van der Waals surface area (Å²) in [5, 5.41) is 3.22. The van der Waals surface area contributed by atoms with E-state index >= 15 is 0 Å². The molecular formula is C18H24N2O4. The fourth-order valence-corrected chi connectivity index (χ4v) is 2.49. The van der Waals surface area contributed by atoms with E-state index in [2.05, 4.69) is 5.32 Å². The molecule has 1 aromatic carbocycles. The van der Waals surface area contributed by atoms with Gasteiger partial charge >= 0.3 is 0 Å². The van der Waals surface area contributed by atoms with Crippen LogP contribution in [-0.4, -0.2) is 58.3 Å². The summed E-state index contributed by atoms with van der Waals surface area (Å²) in [5.74, 6) is 1.78. The van der Waals surface area contributed by atoms with Crippen LogP contribution in [0.5, 0.6) is 17.2 Å². The van der Waals surface area contributed by atoms with Crippen LogP contribution in [0.3, 0.4) is 0 Å². The summed E-state index contributed by atoms with van der Waals surface area (Å²) < 4.78 is 15.9. The van der Waals surface area contributed by atoms with Crippen LogP contribution < -0.4 is 19.5 Å². The molecule has 1 amide bonds. The molecular weight excluding hydrogens is 308 g/mol. The Bertz CT molecular complexity index is 594. The molecule has 1 aromatic rings. The minimum atomic E-state index is 0.0334. The first-order chi connectivity index (χ1) is 11.7. The van der Waals surface area contributed by atoms with Gasteiger partial charge in [-0.2, -0.15) is 0 Å². The number of nitrogens with one attached hydrogen (secondary N) is 1. The number of nitrogens with zero attached hydrogens (tertiary/aromatic N) is 1. The zero-order chi connectivity index (χ0) is 17.4. The molecule has 1 fully saturated rings. The highest BCUT2D eigenvalue weighted by molar-refractivity contribution is 5.88. The highest BCUT2D eigenvalue weighted by Crippen LogP contribution is 2.38. The molecule has 0 aromatic heterocycles. The molecule has 1 aliphatic rings. The second-order valence-electron chi connectivity index (χ2n) is 5.25. The Morgan fingerprint density at radius 1 is 1.04 bits per heavy atom. The van der Waals surface area contributed by atoms with E-state index in [0.29, 0.717) is 17.2 Å². The van der Waals surface area contributed by atoms with Crippen molar-refractivity contribution in [1.29, 1.82) is 0 Å². The zero-order valence-electron chi connectivity index (χ0n) is 14.4. The topological polar surface area (TPSA) is 60.0 Å². The van der Waals surface area contributed by atoms with Gasteiger partial charge in [0, 0.05) is 32.3 Å². The average Bonchev–Trinajstić information content (AvgIpc) is 2.64. The maximum absolute atomic E-state index is 12.0. The van der Waals surface area contributed by atoms with E-state index in [-0.39, 0.29) is 5.91 Å². The molecule has 0 aliphatic carbocycles. The first-order valence-electron chi connectivity index (χ1n) is 7.84. The Hall–Kier alpha value is -2.47. The third-order valence-electron chi connectivity index (χ3n) is 3.75. The van der Waals surface area contributed by atoms with Gasteiger partial charge in [0.2, 0.25) is 11.7 Å². The molecule has 6 nitrogen and oxygen atoms in total. The van der Waals surface area contributed by atoms with E-state index in [1.165, 1.54) is 0 Å². The normalized spacial score (nSPS) is 15.0. The van der Waals surface area contributed by atoms with Crippen molar-refractivity contribution in [1.82, 2.24) is 10.2 Å². The summed E-state index contributed by atoms with van der Waals surface area (Å²) in [6.45, 7) is 3.20. The highest BCUT2D eigenvalue weighted by atomic mass is 16.5. The Morgan fingerprint density at radius 2 is 1.67 bits per heavy atom. The van der Waals surface area contributed by atoms with E-state index < -0.39 is 0 Å². The van der Waals surface area contributed by atoms with E-state index in [9.17, 15) is 4.79 Å². The lowest BCUT2D eigenvalue weighted by Gasteiger charge is -2.26. The Morgan fingerprint density at radius 3 is 2.21 bits per heavy atom. The second-order valence-corrected chi connectivity index (χ2v) is 5.25. The minimum Gasteiger partial charge on any atom is -0.493 e. The number of hydrogen-bond acceptors (Lipinski definition) is 5. The van der Waals surface area contributed by atoms with Crippen LogP contribution >= 0.6 is 0 Å². The van der Waals surface area contributed by atoms with E-state index in [1.807, 2.05) is 29.2 Å². The number of carbonyl (C=O) groups is 1. The lowest BCUT2D eigenvalue weighted by Crippen LogP contribution is -2.45. The molecule has 130 valence electrons. The van der Waals surface area contributed by atoms with Gasteiger partial charge in [0.1, 0.15) is 0 Å². The van der Waals surface area contributed by atoms with Crippen molar-refractivity contribution in [3.05, 3.63) is 35.9 Å². The molecule has 1 saturated heterocycles. The van der Waals surface area contributed by atoms with Crippen molar-refractivity contribution in [2.75, 3.05) is 47.5 Å². The summed E-state index contributed by atoms with van der Waals surface area (Å²) >= 11 is 0. The first kappa shape index (κ1) is 17.9. The third kappa shape index (κ3) is 4.52. The second kappa shape index (κ2) is 8.98. The summed E-state index contributed by atoms with van der Waals surface area (Å²) in [5.41, 5.74) is 0.892. The standard InChI is InChI=1S/C18H24N2O4/c1-22-15-12-14(13-16(23-2)18(15)24-3)6-4-5-7-17(21)20-10-8-19-9-11-20/h4-7,12-13,19H,8-11H2,1-3H3. The molecule has 1 aliphatic heterocycles. The number of benzene rings is 1. The van der Waals surface area contributed by atoms with Gasteiger partial charge in [0.15, 0.2) is 11.5 Å². The van der Waals surface area contributed by atoms with Crippen LogP contribution in [0.25, 0.3) is 6.08 Å². The number of piperazine rings is 1. The van der Waals surface area contributed by atoms with Crippen LogP contribution in [-0.2, 0) is 4.79 Å². The molecule has 24 heavy (non-hydrogen) atoms. The van der Waals surface area contributed by atoms with Gasteiger partial charge < -0.3 is 24.4 Å². The molecule has 0 atom stereocenters. The fourth-order valence-electron chi connectivity index (χ4n) is 2.49. The number of carbonyl (C=O) groups excluding carboxylic acids is 1. The maximum atomic E-state index is 12.0. The summed E-state index contributed by atoms with van der Waals surface area (Å²) in [6, 6.07) is 3.70. The molecule has 0 radical (unpaired) electrons. The zero-order valence-corrected chi connectivity index (χ0v) is 14.4. The number of ether oxygens (including phenoxy) is 3. The average molecular weight is 332 g/mol. The van der Waals surface area contributed by atoms with E-state index in [4.69, 9.17) is 14.2 Å². The van der Waals surface area contributed by atoms with Crippen LogP contribution in [0.2, 0.25) is 0 Å².